The smallest absolute Gasteiger partial charge is 0.283 e. The lowest BCUT2D eigenvalue weighted by Crippen LogP contribution is -2.16. The van der Waals surface area contributed by atoms with E-state index in [1.54, 1.807) is 36.7 Å². The maximum atomic E-state index is 12.8. The second kappa shape index (κ2) is 7.96. The van der Waals surface area contributed by atoms with Crippen molar-refractivity contribution < 1.29 is 13.2 Å². The summed E-state index contributed by atoms with van der Waals surface area (Å²) in [6, 6.07) is 20.1. The van der Waals surface area contributed by atoms with Gasteiger partial charge in [0.25, 0.3) is 10.0 Å². The average molecular weight is 421 g/mol. The summed E-state index contributed by atoms with van der Waals surface area (Å²) in [7, 11) is -2.24. The molecular formula is C21H19N5O3S. The number of para-hydroxylation sites is 1. The summed E-state index contributed by atoms with van der Waals surface area (Å²) >= 11 is 0. The summed E-state index contributed by atoms with van der Waals surface area (Å²) in [5.74, 6) is 1.25. The van der Waals surface area contributed by atoms with Crippen molar-refractivity contribution in [2.45, 2.75) is 11.9 Å². The highest BCUT2D eigenvalue weighted by molar-refractivity contribution is 7.92. The lowest BCUT2D eigenvalue weighted by Gasteiger charge is -2.10. The summed E-state index contributed by atoms with van der Waals surface area (Å²) < 4.78 is 35.4. The van der Waals surface area contributed by atoms with Gasteiger partial charge in [0.2, 0.25) is 11.8 Å². The summed E-state index contributed by atoms with van der Waals surface area (Å²) in [5, 5.41) is -0.109. The highest BCUT2D eigenvalue weighted by Gasteiger charge is 2.21. The molecule has 2 heterocycles. The van der Waals surface area contributed by atoms with Gasteiger partial charge in [-0.25, -0.2) is 14.7 Å². The van der Waals surface area contributed by atoms with Gasteiger partial charge >= 0.3 is 0 Å². The van der Waals surface area contributed by atoms with E-state index in [2.05, 4.69) is 19.7 Å². The minimum Gasteiger partial charge on any atom is -0.439 e. The van der Waals surface area contributed by atoms with Crippen LogP contribution in [0.15, 0.2) is 78.0 Å². The van der Waals surface area contributed by atoms with Crippen LogP contribution in [0.25, 0.3) is 11.3 Å². The first-order valence-electron chi connectivity index (χ1n) is 9.11. The number of imidazole rings is 1. The number of hydrogen-bond acceptors (Lipinski definition) is 6. The Kier molecular flexibility index (Phi) is 5.20. The van der Waals surface area contributed by atoms with Crippen molar-refractivity contribution in [2.24, 2.45) is 7.05 Å². The molecule has 0 spiro atoms. The molecule has 4 rings (SSSR count). The van der Waals surface area contributed by atoms with Gasteiger partial charge in [0.15, 0.2) is 5.03 Å². The number of hydrogen-bond donors (Lipinski definition) is 1. The molecule has 0 unspecified atom stereocenters. The molecule has 4 aromatic rings. The quantitative estimate of drug-likeness (QED) is 0.509. The molecule has 9 heteroatoms. The molecule has 0 aliphatic rings. The zero-order valence-electron chi connectivity index (χ0n) is 16.4. The van der Waals surface area contributed by atoms with E-state index >= 15 is 0 Å². The van der Waals surface area contributed by atoms with Crippen molar-refractivity contribution in [1.82, 2.24) is 19.5 Å². The Hall–Kier alpha value is -3.72. The number of aryl methyl sites for hydroxylation is 2. The number of nitrogens with one attached hydrogen (secondary N) is 1. The van der Waals surface area contributed by atoms with E-state index in [9.17, 15) is 8.42 Å². The molecule has 152 valence electrons. The Morgan fingerprint density at radius 2 is 1.60 bits per heavy atom. The Morgan fingerprint density at radius 1 is 0.933 bits per heavy atom. The minimum atomic E-state index is -3.97. The van der Waals surface area contributed by atoms with Crippen LogP contribution in [0.1, 0.15) is 5.82 Å². The van der Waals surface area contributed by atoms with E-state index in [-0.39, 0.29) is 16.9 Å². The first-order valence-corrected chi connectivity index (χ1v) is 10.6. The molecule has 1 N–H and O–H groups in total. The topological polar surface area (TPSA) is 99.0 Å². The summed E-state index contributed by atoms with van der Waals surface area (Å²) in [4.78, 5) is 12.7. The molecule has 0 bridgehead atoms. The fourth-order valence-corrected chi connectivity index (χ4v) is 3.70. The highest BCUT2D eigenvalue weighted by atomic mass is 32.2. The largest absolute Gasteiger partial charge is 0.439 e. The van der Waals surface area contributed by atoms with E-state index in [0.717, 1.165) is 5.56 Å². The molecule has 2 aromatic carbocycles. The van der Waals surface area contributed by atoms with Crippen molar-refractivity contribution in [3.05, 3.63) is 78.8 Å². The SMILES string of the molecule is Cc1nc(S(=O)(=O)Nc2nc(Oc3ccccc3)cc(-c3ccccc3)n2)cn1C. The van der Waals surface area contributed by atoms with E-state index in [0.29, 0.717) is 17.3 Å². The fraction of sp³-hybridized carbons (Fsp3) is 0.0952. The van der Waals surface area contributed by atoms with E-state index in [1.165, 1.54) is 6.20 Å². The van der Waals surface area contributed by atoms with Crippen molar-refractivity contribution in [1.29, 1.82) is 0 Å². The molecule has 0 radical (unpaired) electrons. The molecule has 8 nitrogen and oxygen atoms in total. The van der Waals surface area contributed by atoms with E-state index in [1.807, 2.05) is 48.5 Å². The maximum absolute atomic E-state index is 12.8. The van der Waals surface area contributed by atoms with Crippen LogP contribution in [-0.4, -0.2) is 27.9 Å². The summed E-state index contributed by atoms with van der Waals surface area (Å²) in [6.45, 7) is 1.72. The van der Waals surface area contributed by atoms with Gasteiger partial charge in [0.1, 0.15) is 11.6 Å². The third kappa shape index (κ3) is 4.31. The summed E-state index contributed by atoms with van der Waals surface area (Å²) in [5.41, 5.74) is 1.32. The molecule has 0 saturated carbocycles. The molecular weight excluding hydrogens is 402 g/mol. The van der Waals surface area contributed by atoms with Gasteiger partial charge in [0.05, 0.1) is 5.69 Å². The number of rotatable bonds is 6. The fourth-order valence-electron chi connectivity index (χ4n) is 2.72. The molecule has 2 aromatic heterocycles. The first kappa shape index (κ1) is 19.6. The number of benzene rings is 2. The van der Waals surface area contributed by atoms with Crippen molar-refractivity contribution >= 4 is 16.0 Å². The monoisotopic (exact) mass is 421 g/mol. The standard InChI is InChI=1S/C21H19N5O3S/c1-15-22-20(14-26(15)2)30(27,28)25-21-23-18(16-9-5-3-6-10-16)13-19(24-21)29-17-11-7-4-8-12-17/h3-14H,1-2H3,(H,23,24,25). The van der Waals surface area contributed by atoms with Gasteiger partial charge in [-0.15, -0.1) is 0 Å². The second-order valence-corrected chi connectivity index (χ2v) is 8.17. The molecule has 0 aliphatic carbocycles. The normalized spacial score (nSPS) is 11.3. The molecule has 0 aliphatic heterocycles. The maximum Gasteiger partial charge on any atom is 0.283 e. The Labute approximate surface area is 174 Å². The molecule has 0 amide bonds. The Morgan fingerprint density at radius 3 is 2.23 bits per heavy atom. The molecule has 30 heavy (non-hydrogen) atoms. The lowest BCUT2D eigenvalue weighted by atomic mass is 10.1. The Bertz CT molecular complexity index is 1250. The van der Waals surface area contributed by atoms with Gasteiger partial charge in [-0.05, 0) is 19.1 Å². The van der Waals surface area contributed by atoms with Gasteiger partial charge in [0, 0.05) is 24.9 Å². The number of ether oxygens (including phenoxy) is 1. The number of anilines is 1. The second-order valence-electron chi connectivity index (χ2n) is 6.54. The number of nitrogens with zero attached hydrogens (tertiary/aromatic N) is 4. The average Bonchev–Trinajstić information content (AvgIpc) is 3.08. The summed E-state index contributed by atoms with van der Waals surface area (Å²) in [6.07, 6.45) is 1.43. The minimum absolute atomic E-state index is 0.106. The lowest BCUT2D eigenvalue weighted by molar-refractivity contribution is 0.463. The predicted octanol–water partition coefficient (Wildman–Crippen LogP) is 3.78. The van der Waals surface area contributed by atoms with Crippen LogP contribution >= 0.6 is 0 Å². The third-order valence-corrected chi connectivity index (χ3v) is 5.52. The van der Waals surface area contributed by atoms with Crippen molar-refractivity contribution in [2.75, 3.05) is 4.72 Å². The van der Waals surface area contributed by atoms with Crippen LogP contribution < -0.4 is 9.46 Å². The number of sulfonamides is 1. The van der Waals surface area contributed by atoms with Gasteiger partial charge in [-0.2, -0.15) is 13.4 Å². The zero-order valence-corrected chi connectivity index (χ0v) is 17.2. The van der Waals surface area contributed by atoms with Gasteiger partial charge in [-0.3, -0.25) is 0 Å². The van der Waals surface area contributed by atoms with E-state index < -0.39 is 10.0 Å². The van der Waals surface area contributed by atoms with Crippen LogP contribution in [0.3, 0.4) is 0 Å². The van der Waals surface area contributed by atoms with Crippen LogP contribution in [0.4, 0.5) is 5.95 Å². The number of aromatic nitrogens is 4. The van der Waals surface area contributed by atoms with Crippen molar-refractivity contribution in [3.8, 4) is 22.9 Å². The van der Waals surface area contributed by atoms with Gasteiger partial charge < -0.3 is 9.30 Å². The van der Waals surface area contributed by atoms with Crippen LogP contribution in [-0.2, 0) is 17.1 Å². The van der Waals surface area contributed by atoms with E-state index in [4.69, 9.17) is 4.74 Å². The van der Waals surface area contributed by atoms with Crippen LogP contribution in [0, 0.1) is 6.92 Å². The molecule has 0 atom stereocenters. The predicted molar refractivity (Wildman–Crippen MR) is 113 cm³/mol. The van der Waals surface area contributed by atoms with Crippen molar-refractivity contribution in [3.63, 3.8) is 0 Å². The Balaban J connectivity index is 1.73. The van der Waals surface area contributed by atoms with Gasteiger partial charge in [-0.1, -0.05) is 48.5 Å². The van der Waals surface area contributed by atoms with Crippen LogP contribution in [0.2, 0.25) is 0 Å². The van der Waals surface area contributed by atoms with Crippen LogP contribution in [0.5, 0.6) is 11.6 Å². The highest BCUT2D eigenvalue weighted by Crippen LogP contribution is 2.26. The molecule has 0 saturated heterocycles. The molecule has 0 fully saturated rings. The zero-order chi connectivity index (χ0) is 21.1. The first-order chi connectivity index (χ1) is 14.4. The third-order valence-electron chi connectivity index (χ3n) is 4.33.